The molecule has 0 spiro atoms. The Morgan fingerprint density at radius 3 is 2.60 bits per heavy atom. The van der Waals surface area contributed by atoms with Crippen LogP contribution in [-0.2, 0) is 16.9 Å². The Kier molecular flexibility index (Phi) is 4.32. The molecule has 6 nitrogen and oxygen atoms in total. The fourth-order valence-corrected chi connectivity index (χ4v) is 4.45. The van der Waals surface area contributed by atoms with E-state index in [4.69, 9.17) is 5.73 Å². The first-order valence-corrected chi connectivity index (χ1v) is 9.84. The van der Waals surface area contributed by atoms with Crippen LogP contribution in [0.4, 0.5) is 0 Å². The highest BCUT2D eigenvalue weighted by Gasteiger charge is 2.49. The van der Waals surface area contributed by atoms with E-state index in [1.807, 2.05) is 76.1 Å². The van der Waals surface area contributed by atoms with Crippen LogP contribution in [0.15, 0.2) is 103 Å². The highest BCUT2D eigenvalue weighted by molar-refractivity contribution is 5.82. The molecule has 0 bridgehead atoms. The van der Waals surface area contributed by atoms with E-state index in [2.05, 4.69) is 28.2 Å². The number of carbonyl (C=O) groups excluding carboxylic acids is 1. The van der Waals surface area contributed by atoms with Crippen LogP contribution in [-0.4, -0.2) is 25.0 Å². The van der Waals surface area contributed by atoms with E-state index in [0.717, 1.165) is 16.7 Å². The van der Waals surface area contributed by atoms with Gasteiger partial charge in [-0.05, 0) is 41.8 Å². The smallest absolute Gasteiger partial charge is 0.229 e. The number of rotatable bonds is 5. The Labute approximate surface area is 174 Å². The van der Waals surface area contributed by atoms with Crippen LogP contribution in [0.1, 0.15) is 5.56 Å². The third-order valence-electron chi connectivity index (χ3n) is 5.72. The topological polar surface area (TPSA) is 78.7 Å². The van der Waals surface area contributed by atoms with Crippen molar-refractivity contribution in [2.24, 2.45) is 11.7 Å². The number of pyridine rings is 1. The van der Waals surface area contributed by atoms with E-state index < -0.39 is 17.5 Å². The van der Waals surface area contributed by atoms with Crippen LogP contribution >= 0.6 is 0 Å². The Bertz CT molecular complexity index is 1250. The molecule has 30 heavy (non-hydrogen) atoms. The van der Waals surface area contributed by atoms with Gasteiger partial charge < -0.3 is 10.3 Å². The number of imidazole rings is 1. The lowest BCUT2D eigenvalue weighted by molar-refractivity contribution is -0.123. The maximum absolute atomic E-state index is 12.8. The number of amides is 1. The molecule has 2 atom stereocenters. The second-order valence-corrected chi connectivity index (χ2v) is 7.40. The van der Waals surface area contributed by atoms with E-state index in [1.165, 1.54) is 0 Å². The lowest BCUT2D eigenvalue weighted by atomic mass is 9.78. The number of fused-ring (bicyclic) bond motifs is 1. The monoisotopic (exact) mass is 395 g/mol. The molecular weight excluding hydrogens is 374 g/mol. The number of primary amides is 1. The van der Waals surface area contributed by atoms with Gasteiger partial charge in [0.05, 0.1) is 6.33 Å². The van der Waals surface area contributed by atoms with Crippen LogP contribution in [0, 0.1) is 5.92 Å². The average Bonchev–Trinajstić information content (AvgIpc) is 3.45. The van der Waals surface area contributed by atoms with E-state index >= 15 is 0 Å². The summed E-state index contributed by atoms with van der Waals surface area (Å²) in [5, 5.41) is 0. The number of hydrogen-bond acceptors (Lipinski definition) is 3. The summed E-state index contributed by atoms with van der Waals surface area (Å²) in [6, 6.07) is 17.9. The third-order valence-corrected chi connectivity index (χ3v) is 5.72. The normalized spacial score (nSPS) is 20.9. The molecule has 2 N–H and O–H groups in total. The van der Waals surface area contributed by atoms with E-state index in [0.29, 0.717) is 12.1 Å². The molecule has 3 aromatic heterocycles. The van der Waals surface area contributed by atoms with Gasteiger partial charge in [-0.3, -0.25) is 9.36 Å². The summed E-state index contributed by atoms with van der Waals surface area (Å²) in [6.07, 6.45) is 13.9. The van der Waals surface area contributed by atoms with Gasteiger partial charge in [0.2, 0.25) is 5.91 Å². The van der Waals surface area contributed by atoms with Gasteiger partial charge in [0, 0.05) is 18.6 Å². The van der Waals surface area contributed by atoms with Gasteiger partial charge >= 0.3 is 0 Å². The first-order chi connectivity index (χ1) is 14.7. The van der Waals surface area contributed by atoms with E-state index in [1.54, 1.807) is 12.5 Å². The zero-order valence-electron chi connectivity index (χ0n) is 16.3. The number of aromatic nitrogens is 4. The third kappa shape index (κ3) is 2.69. The maximum Gasteiger partial charge on any atom is 0.229 e. The molecule has 0 aliphatic heterocycles. The molecule has 1 aliphatic carbocycles. The summed E-state index contributed by atoms with van der Waals surface area (Å²) in [5.74, 6) is -1.02. The number of benzene rings is 1. The van der Waals surface area contributed by atoms with Crippen LogP contribution in [0.5, 0.6) is 0 Å². The molecule has 0 fully saturated rings. The SMILES string of the molecule is NC(=O)C1C=CC=C(Cc2ccccc2)C1(n1cccc1)n1cnc2cccnc21. The van der Waals surface area contributed by atoms with E-state index in [-0.39, 0.29) is 0 Å². The Balaban J connectivity index is 1.82. The van der Waals surface area contributed by atoms with Gasteiger partial charge in [-0.2, -0.15) is 0 Å². The molecule has 2 unspecified atom stereocenters. The molecular formula is C24H21N5O. The standard InChI is InChI=1S/C24H21N5O/c25-22(30)20-11-6-10-19(16-18-8-2-1-3-9-18)24(20,28-14-4-5-15-28)29-17-27-21-12-7-13-26-23(21)29/h1-15,17,20H,16H2,(H2,25,30). The fraction of sp³-hybridized carbons (Fsp3) is 0.125. The zero-order valence-corrected chi connectivity index (χ0v) is 16.3. The van der Waals surface area contributed by atoms with Crippen molar-refractivity contribution in [3.05, 3.63) is 109 Å². The van der Waals surface area contributed by atoms with Crippen molar-refractivity contribution in [2.45, 2.75) is 12.1 Å². The molecule has 0 radical (unpaired) electrons. The molecule has 1 amide bonds. The first kappa shape index (κ1) is 18.1. The van der Waals surface area contributed by atoms with Crippen molar-refractivity contribution in [3.8, 4) is 0 Å². The molecule has 6 heteroatoms. The number of allylic oxidation sites excluding steroid dienone is 3. The number of nitrogens with zero attached hydrogens (tertiary/aromatic N) is 4. The first-order valence-electron chi connectivity index (χ1n) is 9.84. The highest BCUT2D eigenvalue weighted by Crippen LogP contribution is 2.42. The summed E-state index contributed by atoms with van der Waals surface area (Å²) in [6.45, 7) is 0. The van der Waals surface area contributed by atoms with Gasteiger partial charge in [0.25, 0.3) is 0 Å². The van der Waals surface area contributed by atoms with Gasteiger partial charge in [-0.25, -0.2) is 9.97 Å². The lowest BCUT2D eigenvalue weighted by Gasteiger charge is -2.44. The predicted octanol–water partition coefficient (Wildman–Crippen LogP) is 3.27. The van der Waals surface area contributed by atoms with Gasteiger partial charge in [-0.15, -0.1) is 0 Å². The molecule has 148 valence electrons. The van der Waals surface area contributed by atoms with E-state index in [9.17, 15) is 4.79 Å². The second kappa shape index (κ2) is 7.15. The summed E-state index contributed by atoms with van der Waals surface area (Å²) < 4.78 is 4.02. The summed E-state index contributed by atoms with van der Waals surface area (Å²) in [5.41, 5.74) is 8.69. The second-order valence-electron chi connectivity index (χ2n) is 7.40. The van der Waals surface area contributed by atoms with Gasteiger partial charge in [-0.1, -0.05) is 48.6 Å². The molecule has 3 heterocycles. The van der Waals surface area contributed by atoms with Crippen molar-refractivity contribution in [3.63, 3.8) is 0 Å². The Hall–Kier alpha value is -3.93. The van der Waals surface area contributed by atoms with Crippen LogP contribution in [0.25, 0.3) is 11.2 Å². The highest BCUT2D eigenvalue weighted by atomic mass is 16.1. The van der Waals surface area contributed by atoms with Crippen molar-refractivity contribution in [1.29, 1.82) is 0 Å². The Morgan fingerprint density at radius 2 is 1.83 bits per heavy atom. The molecule has 0 saturated carbocycles. The molecule has 5 rings (SSSR count). The van der Waals surface area contributed by atoms with Gasteiger partial charge in [0.1, 0.15) is 11.4 Å². The minimum absolute atomic E-state index is 0.406. The summed E-state index contributed by atoms with van der Waals surface area (Å²) >= 11 is 0. The maximum atomic E-state index is 12.8. The molecule has 0 saturated heterocycles. The minimum atomic E-state index is -0.928. The molecule has 4 aromatic rings. The predicted molar refractivity (Wildman–Crippen MR) is 115 cm³/mol. The summed E-state index contributed by atoms with van der Waals surface area (Å²) in [4.78, 5) is 21.9. The lowest BCUT2D eigenvalue weighted by Crippen LogP contribution is -2.53. The van der Waals surface area contributed by atoms with Crippen LogP contribution in [0.2, 0.25) is 0 Å². The molecule has 1 aliphatic rings. The van der Waals surface area contributed by atoms with Crippen molar-refractivity contribution in [2.75, 3.05) is 0 Å². The van der Waals surface area contributed by atoms with Crippen molar-refractivity contribution < 1.29 is 4.79 Å². The fourth-order valence-electron chi connectivity index (χ4n) is 4.45. The van der Waals surface area contributed by atoms with Crippen molar-refractivity contribution in [1.82, 2.24) is 19.1 Å². The summed E-state index contributed by atoms with van der Waals surface area (Å²) in [7, 11) is 0. The number of hydrogen-bond donors (Lipinski definition) is 1. The Morgan fingerprint density at radius 1 is 1.03 bits per heavy atom. The average molecular weight is 395 g/mol. The van der Waals surface area contributed by atoms with Crippen LogP contribution in [0.3, 0.4) is 0 Å². The zero-order chi connectivity index (χ0) is 20.6. The van der Waals surface area contributed by atoms with Crippen LogP contribution < -0.4 is 5.73 Å². The number of carbonyl (C=O) groups is 1. The van der Waals surface area contributed by atoms with Crippen molar-refractivity contribution >= 4 is 17.1 Å². The minimum Gasteiger partial charge on any atom is -0.369 e. The number of nitrogens with two attached hydrogens (primary N) is 1. The van der Waals surface area contributed by atoms with Gasteiger partial charge in [0.15, 0.2) is 11.3 Å². The molecule has 1 aromatic carbocycles. The largest absolute Gasteiger partial charge is 0.369 e. The quantitative estimate of drug-likeness (QED) is 0.563.